The largest absolute Gasteiger partial charge is 0.493 e. The first kappa shape index (κ1) is 16.7. The first-order chi connectivity index (χ1) is 12.5. The third kappa shape index (κ3) is 3.18. The maximum Gasteiger partial charge on any atom is 0.314 e. The van der Waals surface area contributed by atoms with Crippen LogP contribution in [0.3, 0.4) is 0 Å². The summed E-state index contributed by atoms with van der Waals surface area (Å²) in [5.74, 6) is 0.422. The molecule has 1 aliphatic carbocycles. The third-order valence-electron chi connectivity index (χ3n) is 4.38. The van der Waals surface area contributed by atoms with Crippen LogP contribution < -0.4 is 14.8 Å². The Morgan fingerprint density at radius 3 is 2.73 bits per heavy atom. The van der Waals surface area contributed by atoms with E-state index in [1.54, 1.807) is 36.4 Å². The lowest BCUT2D eigenvalue weighted by molar-refractivity contribution is -0.135. The summed E-state index contributed by atoms with van der Waals surface area (Å²) in [5.41, 5.74) is 2.79. The standard InChI is InChI=1S/C20H16ClNO4/c1-25-18-9-11(2-7-17(18)26-20(24)12-3-4-12)8-15-14-6-5-13(21)10-16(14)22-19(15)23/h2,5-10,12H,3-4H2,1H3,(H,22,23)/b15-8+. The van der Waals surface area contributed by atoms with Crippen LogP contribution in [0.25, 0.3) is 11.6 Å². The summed E-state index contributed by atoms with van der Waals surface area (Å²) in [6, 6.07) is 10.5. The van der Waals surface area contributed by atoms with Crippen molar-refractivity contribution in [1.82, 2.24) is 0 Å². The summed E-state index contributed by atoms with van der Waals surface area (Å²) in [6.07, 6.45) is 3.53. The van der Waals surface area contributed by atoms with Crippen molar-refractivity contribution in [2.24, 2.45) is 5.92 Å². The second-order valence-corrected chi connectivity index (χ2v) is 6.74. The quantitative estimate of drug-likeness (QED) is 0.499. The van der Waals surface area contributed by atoms with Gasteiger partial charge in [-0.2, -0.15) is 0 Å². The number of fused-ring (bicyclic) bond motifs is 1. The number of nitrogens with one attached hydrogen (secondary N) is 1. The molecule has 1 heterocycles. The van der Waals surface area contributed by atoms with Gasteiger partial charge in [-0.25, -0.2) is 0 Å². The zero-order valence-corrected chi connectivity index (χ0v) is 14.8. The number of methoxy groups -OCH3 is 1. The van der Waals surface area contributed by atoms with Crippen LogP contribution in [0.15, 0.2) is 36.4 Å². The van der Waals surface area contributed by atoms with Crippen molar-refractivity contribution < 1.29 is 19.1 Å². The number of rotatable bonds is 4. The summed E-state index contributed by atoms with van der Waals surface area (Å²) in [6.45, 7) is 0. The van der Waals surface area contributed by atoms with E-state index in [1.807, 2.05) is 6.07 Å². The van der Waals surface area contributed by atoms with E-state index in [2.05, 4.69) is 5.32 Å². The summed E-state index contributed by atoms with van der Waals surface area (Å²) in [7, 11) is 1.51. The fraction of sp³-hybridized carbons (Fsp3) is 0.200. The van der Waals surface area contributed by atoms with E-state index in [4.69, 9.17) is 21.1 Å². The van der Waals surface area contributed by atoms with E-state index in [1.165, 1.54) is 7.11 Å². The van der Waals surface area contributed by atoms with Crippen molar-refractivity contribution in [3.05, 3.63) is 52.5 Å². The van der Waals surface area contributed by atoms with Crippen molar-refractivity contribution >= 4 is 40.8 Å². The highest BCUT2D eigenvalue weighted by Gasteiger charge is 2.32. The van der Waals surface area contributed by atoms with Gasteiger partial charge in [-0.1, -0.05) is 23.7 Å². The first-order valence-corrected chi connectivity index (χ1v) is 8.65. The molecule has 132 valence electrons. The molecule has 0 aromatic heterocycles. The van der Waals surface area contributed by atoms with E-state index in [0.29, 0.717) is 27.8 Å². The van der Waals surface area contributed by atoms with Gasteiger partial charge in [0.15, 0.2) is 11.5 Å². The predicted octanol–water partition coefficient (Wildman–Crippen LogP) is 4.16. The molecule has 0 spiro atoms. The number of carbonyl (C=O) groups is 2. The summed E-state index contributed by atoms with van der Waals surface area (Å²) < 4.78 is 10.7. The van der Waals surface area contributed by atoms with Crippen molar-refractivity contribution in [3.8, 4) is 11.5 Å². The third-order valence-corrected chi connectivity index (χ3v) is 4.62. The monoisotopic (exact) mass is 369 g/mol. The number of benzene rings is 2. The average molecular weight is 370 g/mol. The van der Waals surface area contributed by atoms with Crippen LogP contribution in [0.2, 0.25) is 5.02 Å². The zero-order chi connectivity index (χ0) is 18.3. The Kier molecular flexibility index (Phi) is 4.17. The Morgan fingerprint density at radius 1 is 1.19 bits per heavy atom. The Labute approximate surface area is 155 Å². The van der Waals surface area contributed by atoms with Gasteiger partial charge in [0.05, 0.1) is 18.7 Å². The van der Waals surface area contributed by atoms with E-state index >= 15 is 0 Å². The molecule has 0 atom stereocenters. The van der Waals surface area contributed by atoms with Gasteiger partial charge in [0, 0.05) is 16.2 Å². The number of ether oxygens (including phenoxy) is 2. The van der Waals surface area contributed by atoms with Crippen LogP contribution in [-0.4, -0.2) is 19.0 Å². The Hall–Kier alpha value is -2.79. The molecule has 5 nitrogen and oxygen atoms in total. The van der Waals surface area contributed by atoms with Crippen molar-refractivity contribution in [2.45, 2.75) is 12.8 Å². The number of esters is 1. The molecule has 1 fully saturated rings. The molecule has 2 aromatic carbocycles. The maximum absolute atomic E-state index is 12.3. The molecule has 1 N–H and O–H groups in total. The molecule has 0 bridgehead atoms. The molecular formula is C20H16ClNO4. The van der Waals surface area contributed by atoms with Crippen LogP contribution in [-0.2, 0) is 9.59 Å². The normalized spacial score (nSPS) is 17.0. The van der Waals surface area contributed by atoms with Gasteiger partial charge < -0.3 is 14.8 Å². The minimum absolute atomic E-state index is 0.00649. The van der Waals surface area contributed by atoms with E-state index < -0.39 is 0 Å². The molecule has 0 radical (unpaired) electrons. The van der Waals surface area contributed by atoms with E-state index in [-0.39, 0.29) is 17.8 Å². The Morgan fingerprint density at radius 2 is 2.00 bits per heavy atom. The average Bonchev–Trinajstić information content (AvgIpc) is 3.42. The van der Waals surface area contributed by atoms with Crippen molar-refractivity contribution in [1.29, 1.82) is 0 Å². The fourth-order valence-electron chi connectivity index (χ4n) is 2.85. The van der Waals surface area contributed by atoms with Crippen LogP contribution in [0.1, 0.15) is 24.0 Å². The highest BCUT2D eigenvalue weighted by atomic mass is 35.5. The number of hydrogen-bond donors (Lipinski definition) is 1. The van der Waals surface area contributed by atoms with Gasteiger partial charge in [0.25, 0.3) is 5.91 Å². The molecule has 0 saturated heterocycles. The summed E-state index contributed by atoms with van der Waals surface area (Å²) in [5, 5.41) is 3.37. The number of hydrogen-bond acceptors (Lipinski definition) is 4. The number of carbonyl (C=O) groups excluding carboxylic acids is 2. The molecule has 2 aromatic rings. The SMILES string of the molecule is COc1cc(/C=C2/C(=O)Nc3cc(Cl)ccc32)ccc1OC(=O)C1CC1. The first-order valence-electron chi connectivity index (χ1n) is 8.28. The van der Waals surface area contributed by atoms with Gasteiger partial charge in [-0.15, -0.1) is 0 Å². The van der Waals surface area contributed by atoms with Gasteiger partial charge in [0.1, 0.15) is 0 Å². The highest BCUT2D eigenvalue weighted by molar-refractivity contribution is 6.36. The van der Waals surface area contributed by atoms with Gasteiger partial charge in [-0.05, 0) is 48.7 Å². The van der Waals surface area contributed by atoms with Crippen LogP contribution in [0.5, 0.6) is 11.5 Å². The zero-order valence-electron chi connectivity index (χ0n) is 14.0. The smallest absolute Gasteiger partial charge is 0.314 e. The number of anilines is 1. The van der Waals surface area contributed by atoms with E-state index in [0.717, 1.165) is 24.0 Å². The molecule has 6 heteroatoms. The Balaban J connectivity index is 1.65. The van der Waals surface area contributed by atoms with Crippen LogP contribution in [0, 0.1) is 5.92 Å². The minimum Gasteiger partial charge on any atom is -0.493 e. The topological polar surface area (TPSA) is 64.6 Å². The van der Waals surface area contributed by atoms with Crippen molar-refractivity contribution in [2.75, 3.05) is 12.4 Å². The second kappa shape index (κ2) is 6.50. The lowest BCUT2D eigenvalue weighted by Gasteiger charge is -2.10. The van der Waals surface area contributed by atoms with Gasteiger partial charge in [-0.3, -0.25) is 9.59 Å². The molecule has 0 unspecified atom stereocenters. The fourth-order valence-corrected chi connectivity index (χ4v) is 3.02. The van der Waals surface area contributed by atoms with Gasteiger partial charge >= 0.3 is 5.97 Å². The number of halogens is 1. The lowest BCUT2D eigenvalue weighted by Crippen LogP contribution is -2.10. The van der Waals surface area contributed by atoms with Crippen LogP contribution >= 0.6 is 11.6 Å². The maximum atomic E-state index is 12.3. The van der Waals surface area contributed by atoms with E-state index in [9.17, 15) is 9.59 Å². The molecule has 2 aliphatic rings. The second-order valence-electron chi connectivity index (χ2n) is 6.31. The van der Waals surface area contributed by atoms with Crippen LogP contribution in [0.4, 0.5) is 5.69 Å². The Bertz CT molecular complexity index is 947. The minimum atomic E-state index is -0.226. The molecule has 26 heavy (non-hydrogen) atoms. The molecule has 1 amide bonds. The molecule has 4 rings (SSSR count). The number of amides is 1. The highest BCUT2D eigenvalue weighted by Crippen LogP contribution is 2.37. The predicted molar refractivity (Wildman–Crippen MR) is 99.3 cm³/mol. The molecular weight excluding hydrogens is 354 g/mol. The molecule has 1 saturated carbocycles. The summed E-state index contributed by atoms with van der Waals surface area (Å²) >= 11 is 5.98. The van der Waals surface area contributed by atoms with Crippen molar-refractivity contribution in [3.63, 3.8) is 0 Å². The molecule has 1 aliphatic heterocycles. The lowest BCUT2D eigenvalue weighted by atomic mass is 10.0. The summed E-state index contributed by atoms with van der Waals surface area (Å²) in [4.78, 5) is 24.1. The van der Waals surface area contributed by atoms with Gasteiger partial charge in [0.2, 0.25) is 0 Å².